The normalized spacial score (nSPS) is 12.8. The van der Waals surface area contributed by atoms with Crippen LogP contribution in [0.4, 0.5) is 18.9 Å². The summed E-state index contributed by atoms with van der Waals surface area (Å²) in [7, 11) is -5.52. The second kappa shape index (κ2) is 7.82. The van der Waals surface area contributed by atoms with E-state index in [1.165, 1.54) is 28.2 Å². The summed E-state index contributed by atoms with van der Waals surface area (Å²) < 4.78 is 61.6. The Balaban J connectivity index is 1.89. The fourth-order valence-electron chi connectivity index (χ4n) is 2.50. The van der Waals surface area contributed by atoms with Crippen LogP contribution in [0.1, 0.15) is 26.5 Å². The van der Waals surface area contributed by atoms with Gasteiger partial charge in [-0.15, -0.1) is 11.3 Å². The molecule has 3 rings (SSSR count). The zero-order valence-corrected chi connectivity index (χ0v) is 18.5. The van der Waals surface area contributed by atoms with Crippen molar-refractivity contribution >= 4 is 38.6 Å². The van der Waals surface area contributed by atoms with E-state index in [0.717, 1.165) is 22.3 Å². The van der Waals surface area contributed by atoms with Crippen LogP contribution >= 0.6 is 22.9 Å². The van der Waals surface area contributed by atoms with Crippen molar-refractivity contribution < 1.29 is 21.6 Å². The van der Waals surface area contributed by atoms with E-state index in [-0.39, 0.29) is 16.1 Å². The number of sulfonamides is 1. The molecule has 0 saturated heterocycles. The first-order chi connectivity index (χ1) is 13.8. The molecular formula is C19H17ClF3N3O2S2. The van der Waals surface area contributed by atoms with Gasteiger partial charge in [0.1, 0.15) is 5.01 Å². The zero-order chi connectivity index (χ0) is 22.3. The topological polar surface area (TPSA) is 72.0 Å². The summed E-state index contributed by atoms with van der Waals surface area (Å²) >= 11 is 7.57. The maximum Gasteiger partial charge on any atom is 0.516 e. The van der Waals surface area contributed by atoms with Crippen molar-refractivity contribution in [2.45, 2.75) is 31.7 Å². The lowest BCUT2D eigenvalue weighted by molar-refractivity contribution is -0.0429. The SMILES string of the molecule is CC(C)(C)c1cc(-c2nc(-c3ccc(NS(=O)(=O)C(F)(F)F)cc3Cl)cs2)ccn1. The molecule has 0 aliphatic heterocycles. The molecule has 2 heterocycles. The van der Waals surface area contributed by atoms with Crippen LogP contribution in [0.15, 0.2) is 41.9 Å². The van der Waals surface area contributed by atoms with Crippen molar-refractivity contribution in [3.8, 4) is 21.8 Å². The first-order valence-corrected chi connectivity index (χ1v) is 11.3. The van der Waals surface area contributed by atoms with E-state index < -0.39 is 15.5 Å². The molecule has 0 amide bonds. The van der Waals surface area contributed by atoms with Crippen LogP contribution in [0.3, 0.4) is 0 Å². The number of thiazole rings is 1. The molecule has 0 aliphatic carbocycles. The Morgan fingerprint density at radius 2 is 1.80 bits per heavy atom. The Kier molecular flexibility index (Phi) is 5.87. The van der Waals surface area contributed by atoms with Crippen LogP contribution in [0, 0.1) is 0 Å². The molecule has 11 heteroatoms. The van der Waals surface area contributed by atoms with E-state index in [0.29, 0.717) is 11.3 Å². The highest BCUT2D eigenvalue weighted by atomic mass is 35.5. The molecule has 1 aromatic carbocycles. The molecule has 0 unspecified atom stereocenters. The van der Waals surface area contributed by atoms with Gasteiger partial charge in [-0.1, -0.05) is 32.4 Å². The Bertz CT molecular complexity index is 1190. The molecule has 3 aromatic rings. The lowest BCUT2D eigenvalue weighted by Gasteiger charge is -2.17. The predicted octanol–water partition coefficient (Wildman–Crippen LogP) is 6.08. The highest BCUT2D eigenvalue weighted by Crippen LogP contribution is 2.35. The number of anilines is 1. The summed E-state index contributed by atoms with van der Waals surface area (Å²) in [5.74, 6) is 0. The molecule has 0 spiro atoms. The lowest BCUT2D eigenvalue weighted by atomic mass is 9.91. The number of rotatable bonds is 4. The van der Waals surface area contributed by atoms with E-state index in [9.17, 15) is 21.6 Å². The van der Waals surface area contributed by atoms with Gasteiger partial charge in [-0.25, -0.2) is 4.98 Å². The maximum absolute atomic E-state index is 12.5. The molecule has 0 saturated carbocycles. The number of alkyl halides is 3. The smallest absolute Gasteiger partial charge is 0.276 e. The third-order valence-electron chi connectivity index (χ3n) is 4.08. The van der Waals surface area contributed by atoms with E-state index in [1.54, 1.807) is 11.6 Å². The highest BCUT2D eigenvalue weighted by Gasteiger charge is 2.46. The Morgan fingerprint density at radius 1 is 1.10 bits per heavy atom. The minimum Gasteiger partial charge on any atom is -0.276 e. The number of pyridine rings is 1. The molecular weight excluding hydrogens is 459 g/mol. The average molecular weight is 476 g/mol. The zero-order valence-electron chi connectivity index (χ0n) is 16.1. The molecule has 0 fully saturated rings. The first kappa shape index (κ1) is 22.5. The van der Waals surface area contributed by atoms with Crippen molar-refractivity contribution in [1.29, 1.82) is 0 Å². The van der Waals surface area contributed by atoms with Gasteiger partial charge >= 0.3 is 15.5 Å². The van der Waals surface area contributed by atoms with Gasteiger partial charge in [-0.05, 0) is 30.3 Å². The third kappa shape index (κ3) is 4.76. The van der Waals surface area contributed by atoms with E-state index in [1.807, 2.05) is 12.1 Å². The van der Waals surface area contributed by atoms with Crippen LogP contribution in [-0.4, -0.2) is 23.9 Å². The van der Waals surface area contributed by atoms with Crippen LogP contribution < -0.4 is 4.72 Å². The van der Waals surface area contributed by atoms with Gasteiger partial charge in [0.15, 0.2) is 0 Å². The summed E-state index contributed by atoms with van der Waals surface area (Å²) in [5.41, 5.74) is -3.04. The van der Waals surface area contributed by atoms with Gasteiger partial charge in [0.05, 0.1) is 16.4 Å². The molecule has 160 valence electrons. The van der Waals surface area contributed by atoms with Crippen LogP contribution in [-0.2, 0) is 15.4 Å². The van der Waals surface area contributed by atoms with E-state index >= 15 is 0 Å². The summed E-state index contributed by atoms with van der Waals surface area (Å²) in [4.78, 5) is 8.96. The average Bonchev–Trinajstić information content (AvgIpc) is 3.10. The number of halogens is 4. The number of nitrogens with one attached hydrogen (secondary N) is 1. The maximum atomic E-state index is 12.5. The predicted molar refractivity (Wildman–Crippen MR) is 113 cm³/mol. The van der Waals surface area contributed by atoms with Crippen LogP contribution in [0.5, 0.6) is 0 Å². The van der Waals surface area contributed by atoms with Crippen LogP contribution in [0.2, 0.25) is 5.02 Å². The van der Waals surface area contributed by atoms with Gasteiger partial charge in [-0.2, -0.15) is 21.6 Å². The number of hydrogen-bond acceptors (Lipinski definition) is 5. The number of benzene rings is 1. The Morgan fingerprint density at radius 3 is 2.40 bits per heavy atom. The van der Waals surface area contributed by atoms with Gasteiger partial charge in [-0.3, -0.25) is 9.71 Å². The third-order valence-corrected chi connectivity index (χ3v) is 6.40. The van der Waals surface area contributed by atoms with Gasteiger partial charge in [0.2, 0.25) is 0 Å². The molecule has 0 aliphatic rings. The van der Waals surface area contributed by atoms with Crippen molar-refractivity contribution in [1.82, 2.24) is 9.97 Å². The van der Waals surface area contributed by atoms with Gasteiger partial charge in [0.25, 0.3) is 0 Å². The molecule has 30 heavy (non-hydrogen) atoms. The fraction of sp³-hybridized carbons (Fsp3) is 0.263. The quantitative estimate of drug-likeness (QED) is 0.496. The van der Waals surface area contributed by atoms with E-state index in [4.69, 9.17) is 11.6 Å². The standard InChI is InChI=1S/C19H17ClF3N3O2S2/c1-18(2,3)16-8-11(6-7-24-16)17-25-15(10-29-17)13-5-4-12(9-14(13)20)26-30(27,28)19(21,22)23/h4-10,26H,1-3H3. The van der Waals surface area contributed by atoms with Crippen molar-refractivity contribution in [3.05, 3.63) is 52.6 Å². The minimum atomic E-state index is -5.52. The summed E-state index contributed by atoms with van der Waals surface area (Å²) in [6, 6.07) is 7.53. The number of aromatic nitrogens is 2. The molecule has 2 aromatic heterocycles. The highest BCUT2D eigenvalue weighted by molar-refractivity contribution is 7.93. The summed E-state index contributed by atoms with van der Waals surface area (Å²) in [6.07, 6.45) is 1.71. The Hall–Kier alpha value is -2.17. The lowest BCUT2D eigenvalue weighted by Crippen LogP contribution is -2.29. The molecule has 5 nitrogen and oxygen atoms in total. The number of hydrogen-bond donors (Lipinski definition) is 1. The first-order valence-electron chi connectivity index (χ1n) is 8.59. The van der Waals surface area contributed by atoms with Crippen molar-refractivity contribution in [3.63, 3.8) is 0 Å². The summed E-state index contributed by atoms with van der Waals surface area (Å²) in [6.45, 7) is 6.17. The monoisotopic (exact) mass is 475 g/mol. The Labute approximate surface area is 181 Å². The molecule has 0 bridgehead atoms. The summed E-state index contributed by atoms with van der Waals surface area (Å²) in [5, 5.41) is 2.57. The fourth-order valence-corrected chi connectivity index (χ4v) is 4.15. The van der Waals surface area contributed by atoms with Crippen molar-refractivity contribution in [2.24, 2.45) is 0 Å². The largest absolute Gasteiger partial charge is 0.516 e. The molecule has 0 atom stereocenters. The molecule has 1 N–H and O–H groups in total. The van der Waals surface area contributed by atoms with E-state index in [2.05, 4.69) is 30.7 Å². The van der Waals surface area contributed by atoms with Gasteiger partial charge < -0.3 is 0 Å². The van der Waals surface area contributed by atoms with Crippen molar-refractivity contribution in [2.75, 3.05) is 4.72 Å². The number of nitrogens with zero attached hydrogens (tertiary/aromatic N) is 2. The molecule has 0 radical (unpaired) electrons. The minimum absolute atomic E-state index is 0.0688. The van der Waals surface area contributed by atoms with Gasteiger partial charge in [0, 0.05) is 33.8 Å². The second-order valence-electron chi connectivity index (χ2n) is 7.46. The second-order valence-corrected chi connectivity index (χ2v) is 10.4. The van der Waals surface area contributed by atoms with Crippen LogP contribution in [0.25, 0.3) is 21.8 Å².